The zero-order chi connectivity index (χ0) is 19.7. The number of ketones is 2. The summed E-state index contributed by atoms with van der Waals surface area (Å²) in [6, 6.07) is 11.4. The average molecular weight is 384 g/mol. The van der Waals surface area contributed by atoms with Crippen LogP contribution in [0.1, 0.15) is 41.4 Å². The van der Waals surface area contributed by atoms with Gasteiger partial charge in [0, 0.05) is 41.3 Å². The van der Waals surface area contributed by atoms with Gasteiger partial charge in [-0.15, -0.1) is 0 Å². The summed E-state index contributed by atoms with van der Waals surface area (Å²) in [5.41, 5.74) is 5.11. The van der Waals surface area contributed by atoms with Crippen LogP contribution in [0, 0.1) is 0 Å². The lowest BCUT2D eigenvalue weighted by Crippen LogP contribution is -2.14. The predicted octanol–water partition coefficient (Wildman–Crippen LogP) is 4.18. The molecule has 5 nitrogen and oxygen atoms in total. The summed E-state index contributed by atoms with van der Waals surface area (Å²) in [5, 5.41) is 11.7. The van der Waals surface area contributed by atoms with Crippen LogP contribution >= 0.6 is 0 Å². The first-order valence-corrected chi connectivity index (χ1v) is 10.1. The van der Waals surface area contributed by atoms with Gasteiger partial charge in [-0.3, -0.25) is 9.59 Å². The predicted molar refractivity (Wildman–Crippen MR) is 110 cm³/mol. The fourth-order valence-corrected chi connectivity index (χ4v) is 5.39. The largest absolute Gasteiger partial charge is 0.508 e. The average Bonchev–Trinajstić information content (AvgIpc) is 3.36. The quantitative estimate of drug-likeness (QED) is 0.509. The van der Waals surface area contributed by atoms with Crippen molar-refractivity contribution in [2.24, 2.45) is 0 Å². The monoisotopic (exact) mass is 384 g/mol. The van der Waals surface area contributed by atoms with Gasteiger partial charge in [-0.05, 0) is 41.7 Å². The van der Waals surface area contributed by atoms with E-state index in [0.717, 1.165) is 46.8 Å². The van der Waals surface area contributed by atoms with Gasteiger partial charge in [0.1, 0.15) is 17.3 Å². The molecule has 0 bridgehead atoms. The number of carbonyl (C=O) groups excluding carboxylic acids is 2. The molecule has 1 fully saturated rings. The van der Waals surface area contributed by atoms with Crippen molar-refractivity contribution < 1.29 is 14.7 Å². The van der Waals surface area contributed by atoms with Gasteiger partial charge in [-0.2, -0.15) is 0 Å². The molecule has 2 atom stereocenters. The fourth-order valence-electron chi connectivity index (χ4n) is 5.39. The van der Waals surface area contributed by atoms with Crippen LogP contribution in [0.3, 0.4) is 0 Å². The first-order chi connectivity index (χ1) is 14.1. The number of H-pyrrole nitrogens is 1. The molecule has 4 aromatic rings. The molecule has 5 heteroatoms. The van der Waals surface area contributed by atoms with E-state index in [9.17, 15) is 14.7 Å². The molecule has 2 N–H and O–H groups in total. The van der Waals surface area contributed by atoms with E-state index >= 15 is 0 Å². The second kappa shape index (κ2) is 5.83. The van der Waals surface area contributed by atoms with Crippen molar-refractivity contribution in [1.29, 1.82) is 0 Å². The van der Waals surface area contributed by atoms with Crippen molar-refractivity contribution in [3.63, 3.8) is 0 Å². The van der Waals surface area contributed by atoms with Crippen molar-refractivity contribution in [3.05, 3.63) is 65.5 Å². The van der Waals surface area contributed by atoms with Gasteiger partial charge < -0.3 is 14.7 Å². The van der Waals surface area contributed by atoms with Gasteiger partial charge in [0.25, 0.3) is 0 Å². The number of phenolic OH excluding ortho intramolecular Hbond substituents is 1. The summed E-state index contributed by atoms with van der Waals surface area (Å²) < 4.78 is 2.25. The molecule has 6 rings (SSSR count). The maximum atomic E-state index is 13.0. The number of carbonyl (C=O) groups is 2. The van der Waals surface area contributed by atoms with Gasteiger partial charge in [0.05, 0.1) is 23.8 Å². The molecule has 2 aromatic heterocycles. The molecule has 0 radical (unpaired) electrons. The van der Waals surface area contributed by atoms with Gasteiger partial charge in [-0.25, -0.2) is 0 Å². The highest BCUT2D eigenvalue weighted by Gasteiger charge is 2.45. The number of aromatic hydroxyl groups is 1. The first kappa shape index (κ1) is 16.6. The Bertz CT molecular complexity index is 1330. The molecule has 1 aliphatic heterocycles. The van der Waals surface area contributed by atoms with E-state index in [1.54, 1.807) is 12.1 Å². The van der Waals surface area contributed by atoms with E-state index in [2.05, 4.69) is 33.9 Å². The number of aromatic amines is 1. The molecule has 144 valence electrons. The van der Waals surface area contributed by atoms with Crippen molar-refractivity contribution in [3.8, 4) is 5.75 Å². The Morgan fingerprint density at radius 3 is 2.69 bits per heavy atom. The van der Waals surface area contributed by atoms with Crippen molar-refractivity contribution in [1.82, 2.24) is 9.55 Å². The normalized spacial score (nSPS) is 21.5. The Balaban J connectivity index is 1.57. The summed E-state index contributed by atoms with van der Waals surface area (Å²) >= 11 is 0. The van der Waals surface area contributed by atoms with Crippen LogP contribution in [-0.2, 0) is 22.6 Å². The molecule has 1 aliphatic carbocycles. The van der Waals surface area contributed by atoms with E-state index in [-0.39, 0.29) is 23.7 Å². The van der Waals surface area contributed by atoms with Crippen LogP contribution in [0.4, 0.5) is 0 Å². The highest BCUT2D eigenvalue weighted by molar-refractivity contribution is 6.16. The Kier molecular flexibility index (Phi) is 3.34. The standard InChI is InChI=1S/C24H20N2O3/c27-14-6-7-15-17(11-25-19(15)9-14)22-20(28)10-21(29)23(22)18-12-26-8-2-4-13-3-1-5-16(18)24(13)26/h1,3,5-7,9,11-12,22-23,25,27H,2,4,8,10H2/t22-,23-/m1/s1. The first-order valence-electron chi connectivity index (χ1n) is 10.1. The third-order valence-electron chi connectivity index (χ3n) is 6.60. The molecule has 2 aromatic carbocycles. The molecule has 0 spiro atoms. The Labute approximate surface area is 167 Å². The molecule has 0 saturated heterocycles. The molecule has 2 aliphatic rings. The van der Waals surface area contributed by atoms with Crippen molar-refractivity contribution in [2.75, 3.05) is 0 Å². The lowest BCUT2D eigenvalue weighted by Gasteiger charge is -2.17. The molecule has 1 saturated carbocycles. The fraction of sp³-hybridized carbons (Fsp3) is 0.250. The minimum Gasteiger partial charge on any atom is -0.508 e. The molecule has 0 unspecified atom stereocenters. The van der Waals surface area contributed by atoms with Gasteiger partial charge >= 0.3 is 0 Å². The van der Waals surface area contributed by atoms with Crippen LogP contribution < -0.4 is 0 Å². The Morgan fingerprint density at radius 1 is 1.00 bits per heavy atom. The van der Waals surface area contributed by atoms with Crippen LogP contribution in [-0.4, -0.2) is 26.2 Å². The number of nitrogens with one attached hydrogen (secondary N) is 1. The van der Waals surface area contributed by atoms with E-state index in [1.165, 1.54) is 11.1 Å². The third-order valence-corrected chi connectivity index (χ3v) is 6.60. The summed E-state index contributed by atoms with van der Waals surface area (Å²) in [7, 11) is 0. The number of benzene rings is 2. The second-order valence-electron chi connectivity index (χ2n) is 8.23. The number of hydrogen-bond donors (Lipinski definition) is 2. The number of aromatic nitrogens is 2. The smallest absolute Gasteiger partial charge is 0.148 e. The minimum atomic E-state index is -0.496. The number of fused-ring (bicyclic) bond motifs is 1. The van der Waals surface area contributed by atoms with E-state index in [4.69, 9.17) is 0 Å². The Morgan fingerprint density at radius 2 is 1.83 bits per heavy atom. The van der Waals surface area contributed by atoms with Crippen LogP contribution in [0.5, 0.6) is 5.75 Å². The number of rotatable bonds is 2. The van der Waals surface area contributed by atoms with Crippen molar-refractivity contribution in [2.45, 2.75) is 37.6 Å². The minimum absolute atomic E-state index is 0.00294. The molecular weight excluding hydrogens is 364 g/mol. The number of Topliss-reactive ketones (excluding diaryl/α,β-unsaturated/α-hetero) is 2. The molecule has 29 heavy (non-hydrogen) atoms. The van der Waals surface area contributed by atoms with Gasteiger partial charge in [-0.1, -0.05) is 18.2 Å². The maximum Gasteiger partial charge on any atom is 0.148 e. The van der Waals surface area contributed by atoms with Gasteiger partial charge in [0.2, 0.25) is 0 Å². The van der Waals surface area contributed by atoms with E-state index in [0.29, 0.717) is 0 Å². The number of phenols is 1. The number of hydrogen-bond acceptors (Lipinski definition) is 3. The summed E-state index contributed by atoms with van der Waals surface area (Å²) in [6.45, 7) is 0.944. The lowest BCUT2D eigenvalue weighted by molar-refractivity contribution is -0.122. The van der Waals surface area contributed by atoms with Crippen LogP contribution in [0.15, 0.2) is 48.8 Å². The Hall–Kier alpha value is -3.34. The zero-order valence-electron chi connectivity index (χ0n) is 15.8. The van der Waals surface area contributed by atoms with Crippen molar-refractivity contribution >= 4 is 33.4 Å². The summed E-state index contributed by atoms with van der Waals surface area (Å²) in [5.74, 6) is -0.820. The van der Waals surface area contributed by atoms with Crippen LogP contribution in [0.25, 0.3) is 21.8 Å². The zero-order valence-corrected chi connectivity index (χ0v) is 15.8. The van der Waals surface area contributed by atoms with Gasteiger partial charge in [0.15, 0.2) is 0 Å². The molecule has 3 heterocycles. The molecular formula is C24H20N2O3. The SMILES string of the molecule is O=C1CC(=O)[C@@H](c2cn3c4c(cccc24)CCC3)[C@@H]1c1c[nH]c2cc(O)ccc12. The number of para-hydroxylation sites is 1. The molecule has 0 amide bonds. The number of aryl methyl sites for hydroxylation is 2. The highest BCUT2D eigenvalue weighted by atomic mass is 16.3. The highest BCUT2D eigenvalue weighted by Crippen LogP contribution is 2.47. The maximum absolute atomic E-state index is 13.0. The van der Waals surface area contributed by atoms with E-state index in [1.807, 2.05) is 12.3 Å². The van der Waals surface area contributed by atoms with Crippen LogP contribution in [0.2, 0.25) is 0 Å². The van der Waals surface area contributed by atoms with E-state index < -0.39 is 11.8 Å². The second-order valence-corrected chi connectivity index (χ2v) is 8.23. The third kappa shape index (κ3) is 2.27. The summed E-state index contributed by atoms with van der Waals surface area (Å²) in [4.78, 5) is 29.2. The topological polar surface area (TPSA) is 75.1 Å². The number of nitrogens with zero attached hydrogens (tertiary/aromatic N) is 1. The lowest BCUT2D eigenvalue weighted by atomic mass is 9.83. The summed E-state index contributed by atoms with van der Waals surface area (Å²) in [6.07, 6.45) is 6.04.